The number of nitrogens with zero attached hydrogens (tertiary/aromatic N) is 2. The third-order valence-electron chi connectivity index (χ3n) is 4.50. The minimum atomic E-state index is -0.313. The maximum absolute atomic E-state index is 12.4. The van der Waals surface area contributed by atoms with Crippen molar-refractivity contribution in [3.63, 3.8) is 0 Å². The first-order valence-corrected chi connectivity index (χ1v) is 10.4. The largest absolute Gasteiger partial charge is 0.497 e. The number of hydrogen-bond acceptors (Lipinski definition) is 5. The van der Waals surface area contributed by atoms with Crippen LogP contribution in [0.15, 0.2) is 60.7 Å². The fourth-order valence-corrected chi connectivity index (χ4v) is 3.83. The Balaban J connectivity index is 1.52. The Kier molecular flexibility index (Phi) is 5.79. The first-order chi connectivity index (χ1) is 14.5. The molecule has 1 N–H and O–H groups in total. The molecule has 0 saturated carbocycles. The predicted molar refractivity (Wildman–Crippen MR) is 123 cm³/mol. The van der Waals surface area contributed by atoms with Crippen molar-refractivity contribution in [2.45, 2.75) is 6.92 Å². The Bertz CT molecular complexity index is 1250. The van der Waals surface area contributed by atoms with Crippen LogP contribution in [0, 0.1) is 6.92 Å². The van der Waals surface area contributed by atoms with E-state index in [4.69, 9.17) is 16.3 Å². The highest BCUT2D eigenvalue weighted by molar-refractivity contribution is 7.15. The van der Waals surface area contributed by atoms with Gasteiger partial charge in [0.15, 0.2) is 5.01 Å². The Morgan fingerprint density at radius 3 is 2.47 bits per heavy atom. The van der Waals surface area contributed by atoms with Crippen LogP contribution in [0.4, 0.5) is 5.69 Å². The molecule has 4 aromatic rings. The minimum absolute atomic E-state index is 0.253. The number of carbonyl (C=O) groups excluding carboxylic acids is 1. The highest BCUT2D eigenvalue weighted by Gasteiger charge is 2.15. The average Bonchev–Trinajstić information content (AvgIpc) is 3.25. The van der Waals surface area contributed by atoms with E-state index in [2.05, 4.69) is 15.5 Å². The number of aromatic nitrogens is 2. The number of hydrogen-bond donors (Lipinski definition) is 1. The number of anilines is 1. The van der Waals surface area contributed by atoms with Crippen LogP contribution >= 0.6 is 22.9 Å². The molecular formula is C23H18ClN3O2S. The van der Waals surface area contributed by atoms with Gasteiger partial charge >= 0.3 is 0 Å². The summed E-state index contributed by atoms with van der Waals surface area (Å²) in [4.78, 5) is 12.4. The lowest BCUT2D eigenvalue weighted by Gasteiger charge is -2.04. The summed E-state index contributed by atoms with van der Waals surface area (Å²) in [6.45, 7) is 1.99. The number of carbonyl (C=O) groups is 1. The van der Waals surface area contributed by atoms with Gasteiger partial charge in [-0.25, -0.2) is 0 Å². The molecule has 0 spiro atoms. The molecule has 7 heteroatoms. The van der Waals surface area contributed by atoms with Crippen molar-refractivity contribution in [3.05, 3.63) is 81.8 Å². The lowest BCUT2D eigenvalue weighted by atomic mass is 10.1. The van der Waals surface area contributed by atoms with Crippen LogP contribution in [0.5, 0.6) is 5.75 Å². The monoisotopic (exact) mass is 435 g/mol. The predicted octanol–water partition coefficient (Wildman–Crippen LogP) is 6.00. The minimum Gasteiger partial charge on any atom is -0.497 e. The van der Waals surface area contributed by atoms with Crippen molar-refractivity contribution in [2.24, 2.45) is 0 Å². The van der Waals surface area contributed by atoms with E-state index in [1.165, 1.54) is 0 Å². The molecule has 0 fully saturated rings. The molecule has 0 unspecified atom stereocenters. The topological polar surface area (TPSA) is 64.1 Å². The summed E-state index contributed by atoms with van der Waals surface area (Å²) in [5, 5.41) is 14.2. The Morgan fingerprint density at radius 1 is 1.00 bits per heavy atom. The van der Waals surface area contributed by atoms with Crippen molar-refractivity contribution >= 4 is 56.4 Å². The Morgan fingerprint density at radius 2 is 1.70 bits per heavy atom. The summed E-state index contributed by atoms with van der Waals surface area (Å²) in [5.41, 5.74) is 2.76. The molecule has 1 heterocycles. The number of benzene rings is 3. The van der Waals surface area contributed by atoms with Gasteiger partial charge in [0.1, 0.15) is 5.75 Å². The van der Waals surface area contributed by atoms with Gasteiger partial charge in [-0.05, 0) is 59.7 Å². The van der Waals surface area contributed by atoms with Crippen molar-refractivity contribution in [3.8, 4) is 5.75 Å². The maximum Gasteiger partial charge on any atom is 0.286 e. The summed E-state index contributed by atoms with van der Waals surface area (Å²) in [7, 11) is 1.65. The molecule has 150 valence electrons. The lowest BCUT2D eigenvalue weighted by Crippen LogP contribution is -2.11. The number of rotatable bonds is 5. The van der Waals surface area contributed by atoms with E-state index in [1.54, 1.807) is 7.11 Å². The van der Waals surface area contributed by atoms with Crippen LogP contribution < -0.4 is 10.1 Å². The molecule has 3 aromatic carbocycles. The summed E-state index contributed by atoms with van der Waals surface area (Å²) < 4.78 is 5.26. The Labute approximate surface area is 183 Å². The number of fused-ring (bicyclic) bond motifs is 1. The average molecular weight is 436 g/mol. The molecule has 0 bridgehead atoms. The fraction of sp³-hybridized carbons (Fsp3) is 0.0870. The molecule has 0 radical (unpaired) electrons. The lowest BCUT2D eigenvalue weighted by molar-refractivity contribution is 0.102. The summed E-state index contributed by atoms with van der Waals surface area (Å²) in [6.07, 6.45) is 1.81. The molecule has 30 heavy (non-hydrogen) atoms. The highest BCUT2D eigenvalue weighted by atomic mass is 35.5. The third-order valence-corrected chi connectivity index (χ3v) is 5.85. The summed E-state index contributed by atoms with van der Waals surface area (Å²) >= 11 is 7.60. The summed E-state index contributed by atoms with van der Waals surface area (Å²) in [5.74, 6) is 0.501. The molecule has 0 atom stereocenters. The first kappa shape index (κ1) is 20.1. The van der Waals surface area contributed by atoms with Crippen LogP contribution in [0.2, 0.25) is 0 Å². The van der Waals surface area contributed by atoms with E-state index in [0.29, 0.717) is 15.7 Å². The standard InChI is InChI=1S/C23H18ClN3O2S/c1-14-3-8-18(9-4-14)25-21(28)23-27-26-22(30-23)20(24)12-15-5-6-17-13-19(29-2)10-7-16(17)11-15/h3-13H,1-2H3,(H,25,28)/b20-12-. The maximum atomic E-state index is 12.4. The second-order valence-electron chi connectivity index (χ2n) is 6.70. The molecule has 4 rings (SSSR count). The van der Waals surface area contributed by atoms with E-state index in [0.717, 1.165) is 39.0 Å². The second kappa shape index (κ2) is 8.65. The van der Waals surface area contributed by atoms with Gasteiger partial charge in [-0.3, -0.25) is 4.79 Å². The molecular weight excluding hydrogens is 418 g/mol. The van der Waals surface area contributed by atoms with Gasteiger partial charge < -0.3 is 10.1 Å². The van der Waals surface area contributed by atoms with Crippen molar-refractivity contribution in [1.82, 2.24) is 10.2 Å². The van der Waals surface area contributed by atoms with Crippen LogP contribution in [-0.4, -0.2) is 23.2 Å². The van der Waals surface area contributed by atoms with Crippen molar-refractivity contribution in [2.75, 3.05) is 12.4 Å². The van der Waals surface area contributed by atoms with Gasteiger partial charge in [-0.15, -0.1) is 10.2 Å². The zero-order chi connectivity index (χ0) is 21.1. The number of ether oxygens (including phenoxy) is 1. The molecule has 1 aromatic heterocycles. The SMILES string of the molecule is COc1ccc2cc(/C=C(\Cl)c3nnc(C(=O)Nc4ccc(C)cc4)s3)ccc2c1. The van der Waals surface area contributed by atoms with Gasteiger partial charge in [-0.2, -0.15) is 0 Å². The van der Waals surface area contributed by atoms with Crippen LogP contribution in [-0.2, 0) is 0 Å². The fourth-order valence-electron chi connectivity index (χ4n) is 2.90. The van der Waals surface area contributed by atoms with Gasteiger partial charge in [0, 0.05) is 5.69 Å². The highest BCUT2D eigenvalue weighted by Crippen LogP contribution is 2.28. The molecule has 0 aliphatic carbocycles. The molecule has 0 saturated heterocycles. The smallest absolute Gasteiger partial charge is 0.286 e. The van der Waals surface area contributed by atoms with E-state index < -0.39 is 0 Å². The van der Waals surface area contributed by atoms with Gasteiger partial charge in [-0.1, -0.05) is 58.8 Å². The van der Waals surface area contributed by atoms with E-state index in [-0.39, 0.29) is 10.9 Å². The van der Waals surface area contributed by atoms with Gasteiger partial charge in [0.05, 0.1) is 12.1 Å². The molecule has 0 aliphatic heterocycles. The summed E-state index contributed by atoms with van der Waals surface area (Å²) in [6, 6.07) is 19.5. The normalized spacial score (nSPS) is 11.5. The van der Waals surface area contributed by atoms with Gasteiger partial charge in [0.2, 0.25) is 5.01 Å². The molecule has 0 aliphatic rings. The third kappa shape index (κ3) is 4.50. The van der Waals surface area contributed by atoms with Gasteiger partial charge in [0.25, 0.3) is 5.91 Å². The number of aryl methyl sites for hydroxylation is 1. The number of methoxy groups -OCH3 is 1. The number of halogens is 1. The molecule has 5 nitrogen and oxygen atoms in total. The van der Waals surface area contributed by atoms with Crippen molar-refractivity contribution in [1.29, 1.82) is 0 Å². The number of nitrogens with one attached hydrogen (secondary N) is 1. The quantitative estimate of drug-likeness (QED) is 0.417. The van der Waals surface area contributed by atoms with Crippen LogP contribution in [0.1, 0.15) is 25.9 Å². The Hall–Kier alpha value is -3.22. The van der Waals surface area contributed by atoms with E-state index in [1.807, 2.05) is 73.7 Å². The molecule has 1 amide bonds. The van der Waals surface area contributed by atoms with E-state index in [9.17, 15) is 4.79 Å². The van der Waals surface area contributed by atoms with E-state index >= 15 is 0 Å². The number of amides is 1. The zero-order valence-electron chi connectivity index (χ0n) is 16.3. The van der Waals surface area contributed by atoms with Crippen LogP contribution in [0.25, 0.3) is 21.9 Å². The van der Waals surface area contributed by atoms with Crippen molar-refractivity contribution < 1.29 is 9.53 Å². The van der Waals surface area contributed by atoms with Crippen LogP contribution in [0.3, 0.4) is 0 Å². The second-order valence-corrected chi connectivity index (χ2v) is 8.08. The zero-order valence-corrected chi connectivity index (χ0v) is 17.9. The first-order valence-electron chi connectivity index (χ1n) is 9.19.